The van der Waals surface area contributed by atoms with Gasteiger partial charge in [0.2, 0.25) is 11.9 Å². The van der Waals surface area contributed by atoms with E-state index in [0.29, 0.717) is 17.9 Å². The topological polar surface area (TPSA) is 80.4 Å². The van der Waals surface area contributed by atoms with Gasteiger partial charge in [-0.2, -0.15) is 15.0 Å². The van der Waals surface area contributed by atoms with E-state index in [4.69, 9.17) is 25.4 Å². The quantitative estimate of drug-likeness (QED) is 0.818. The van der Waals surface area contributed by atoms with Gasteiger partial charge in [0.25, 0.3) is 0 Å². The number of rotatable bonds is 3. The molecule has 7 nitrogen and oxygen atoms in total. The lowest BCUT2D eigenvalue weighted by atomic mass is 9.77. The minimum Gasteiger partial charge on any atom is -0.467 e. The number of methoxy groups -OCH3 is 1. The molecule has 0 spiro atoms. The Balaban J connectivity index is 2.15. The van der Waals surface area contributed by atoms with Crippen molar-refractivity contribution in [2.45, 2.75) is 116 Å². The molecule has 0 amide bonds. The zero-order valence-corrected chi connectivity index (χ0v) is 19.8. The van der Waals surface area contributed by atoms with E-state index in [0.717, 1.165) is 25.7 Å². The second kappa shape index (κ2) is 6.96. The van der Waals surface area contributed by atoms with Crippen molar-refractivity contribution in [3.63, 3.8) is 0 Å². The van der Waals surface area contributed by atoms with Crippen LogP contribution >= 0.6 is 0 Å². The van der Waals surface area contributed by atoms with Crippen LogP contribution in [0.3, 0.4) is 0 Å². The Kier molecular flexibility index (Phi) is 5.30. The molecule has 0 atom stereocenters. The minimum atomic E-state index is -0.169. The Bertz CT molecular complexity index is 724. The molecule has 1 aromatic rings. The number of piperidine rings is 2. The van der Waals surface area contributed by atoms with E-state index in [2.05, 4.69) is 65.2 Å². The molecule has 0 aliphatic carbocycles. The lowest BCUT2D eigenvalue weighted by Crippen LogP contribution is -2.64. The smallest absolute Gasteiger partial charge is 0.322 e. The number of hydrogen-bond acceptors (Lipinski definition) is 7. The molecule has 0 aromatic carbocycles. The van der Waals surface area contributed by atoms with E-state index < -0.39 is 0 Å². The molecule has 0 bridgehead atoms. The summed E-state index contributed by atoms with van der Waals surface area (Å²) >= 11 is 0. The summed E-state index contributed by atoms with van der Waals surface area (Å²) in [5.74, 6) is 1.37. The van der Waals surface area contributed by atoms with Gasteiger partial charge in [0.05, 0.1) is 7.11 Å². The van der Waals surface area contributed by atoms with Crippen LogP contribution in [0.5, 0.6) is 6.01 Å². The first-order chi connectivity index (χ1) is 13.2. The summed E-state index contributed by atoms with van der Waals surface area (Å²) in [5.41, 5.74) is 5.97. The maximum Gasteiger partial charge on any atom is 0.322 e. The highest BCUT2D eigenvalue weighted by Gasteiger charge is 2.47. The van der Waals surface area contributed by atoms with Gasteiger partial charge in [-0.1, -0.05) is 0 Å². The van der Waals surface area contributed by atoms with Crippen molar-refractivity contribution in [3.8, 4) is 6.01 Å². The van der Waals surface area contributed by atoms with Gasteiger partial charge in [0.1, 0.15) is 0 Å². The highest BCUT2D eigenvalue weighted by atomic mass is 16.5. The number of anilines is 2. The van der Waals surface area contributed by atoms with Crippen LogP contribution in [-0.2, 0) is 0 Å². The maximum atomic E-state index is 6.39. The van der Waals surface area contributed by atoms with Crippen LogP contribution in [0.2, 0.25) is 0 Å². The first-order valence-corrected chi connectivity index (χ1v) is 10.9. The number of ether oxygens (including phenoxy) is 1. The Morgan fingerprint density at radius 1 is 0.759 bits per heavy atom. The van der Waals surface area contributed by atoms with E-state index in [-0.39, 0.29) is 28.2 Å². The molecule has 2 fully saturated rings. The third-order valence-electron chi connectivity index (χ3n) is 6.70. The third kappa shape index (κ3) is 4.03. The van der Waals surface area contributed by atoms with Crippen molar-refractivity contribution in [1.29, 1.82) is 0 Å². The van der Waals surface area contributed by atoms with Crippen LogP contribution in [0.25, 0.3) is 0 Å². The van der Waals surface area contributed by atoms with Crippen molar-refractivity contribution < 1.29 is 4.74 Å². The standard InChI is InChI=1S/C22H40N6O/c1-19(2)11-10-12-20(3,4)27(19)16-24-17(26-18(25-16)29-9)28-21(5,6)13-15(23)14-22(28,7)8/h15H,10-14,23H2,1-9H3. The van der Waals surface area contributed by atoms with Crippen molar-refractivity contribution in [1.82, 2.24) is 15.0 Å². The predicted octanol–water partition coefficient (Wildman–Crippen LogP) is 3.91. The first kappa shape index (κ1) is 22.1. The SMILES string of the molecule is COc1nc(N2C(C)(C)CCCC2(C)C)nc(N2C(C)(C)CC(N)CC2(C)C)n1. The number of aromatic nitrogens is 3. The van der Waals surface area contributed by atoms with Crippen molar-refractivity contribution in [2.75, 3.05) is 16.9 Å². The van der Waals surface area contributed by atoms with Gasteiger partial charge in [-0.15, -0.1) is 0 Å². The highest BCUT2D eigenvalue weighted by molar-refractivity contribution is 5.49. The number of nitrogens with zero attached hydrogens (tertiary/aromatic N) is 5. The molecule has 3 rings (SSSR count). The zero-order valence-electron chi connectivity index (χ0n) is 19.8. The van der Waals surface area contributed by atoms with E-state index >= 15 is 0 Å². The summed E-state index contributed by atoms with van der Waals surface area (Å²) in [6.07, 6.45) is 5.20. The average Bonchev–Trinajstić information content (AvgIpc) is 2.49. The van der Waals surface area contributed by atoms with Crippen LogP contribution in [0.4, 0.5) is 11.9 Å². The van der Waals surface area contributed by atoms with Crippen LogP contribution < -0.4 is 20.3 Å². The summed E-state index contributed by atoms with van der Waals surface area (Å²) in [6, 6.07) is 0.531. The van der Waals surface area contributed by atoms with Gasteiger partial charge in [-0.05, 0) is 87.5 Å². The fourth-order valence-corrected chi connectivity index (χ4v) is 6.06. The Labute approximate surface area is 176 Å². The molecule has 3 heterocycles. The lowest BCUT2D eigenvalue weighted by molar-refractivity contribution is 0.213. The summed E-state index contributed by atoms with van der Waals surface area (Å²) < 4.78 is 5.53. The molecule has 2 saturated heterocycles. The lowest BCUT2D eigenvalue weighted by Gasteiger charge is -2.55. The Morgan fingerprint density at radius 2 is 1.17 bits per heavy atom. The van der Waals surface area contributed by atoms with E-state index in [1.54, 1.807) is 7.11 Å². The van der Waals surface area contributed by atoms with Crippen molar-refractivity contribution in [2.24, 2.45) is 5.73 Å². The fraction of sp³-hybridized carbons (Fsp3) is 0.864. The van der Waals surface area contributed by atoms with E-state index in [1.165, 1.54) is 6.42 Å². The van der Waals surface area contributed by atoms with Crippen LogP contribution in [0.15, 0.2) is 0 Å². The van der Waals surface area contributed by atoms with Crippen molar-refractivity contribution >= 4 is 11.9 Å². The van der Waals surface area contributed by atoms with Gasteiger partial charge in [0, 0.05) is 28.2 Å². The molecule has 2 aliphatic rings. The largest absolute Gasteiger partial charge is 0.467 e. The molecular formula is C22H40N6O. The fourth-order valence-electron chi connectivity index (χ4n) is 6.06. The highest BCUT2D eigenvalue weighted by Crippen LogP contribution is 2.44. The van der Waals surface area contributed by atoms with Crippen LogP contribution in [0, 0.1) is 0 Å². The molecule has 0 unspecified atom stereocenters. The first-order valence-electron chi connectivity index (χ1n) is 10.9. The monoisotopic (exact) mass is 404 g/mol. The van der Waals surface area contributed by atoms with Crippen LogP contribution in [0.1, 0.15) is 87.5 Å². The molecule has 2 N–H and O–H groups in total. The van der Waals surface area contributed by atoms with E-state index in [9.17, 15) is 0 Å². The Hall–Kier alpha value is -1.63. The van der Waals surface area contributed by atoms with Gasteiger partial charge in [-0.25, -0.2) is 0 Å². The summed E-state index contributed by atoms with van der Waals surface area (Å²) in [7, 11) is 1.62. The van der Waals surface area contributed by atoms with Gasteiger partial charge in [0.15, 0.2) is 0 Å². The predicted molar refractivity (Wildman–Crippen MR) is 119 cm³/mol. The normalized spacial score (nSPS) is 25.7. The molecule has 29 heavy (non-hydrogen) atoms. The molecular weight excluding hydrogens is 364 g/mol. The summed E-state index contributed by atoms with van der Waals surface area (Å²) in [5, 5.41) is 0. The minimum absolute atomic E-state index is 0.0410. The zero-order chi connectivity index (χ0) is 21.8. The van der Waals surface area contributed by atoms with Crippen LogP contribution in [-0.4, -0.2) is 50.3 Å². The van der Waals surface area contributed by atoms with E-state index in [1.807, 2.05) is 0 Å². The Morgan fingerprint density at radius 3 is 1.59 bits per heavy atom. The van der Waals surface area contributed by atoms with Gasteiger partial charge < -0.3 is 20.3 Å². The molecule has 2 aliphatic heterocycles. The van der Waals surface area contributed by atoms with Gasteiger partial charge >= 0.3 is 6.01 Å². The molecule has 1 aromatic heterocycles. The van der Waals surface area contributed by atoms with Gasteiger partial charge in [-0.3, -0.25) is 0 Å². The van der Waals surface area contributed by atoms with Crippen molar-refractivity contribution in [3.05, 3.63) is 0 Å². The second-order valence-corrected chi connectivity index (χ2v) is 11.4. The summed E-state index contributed by atoms with van der Waals surface area (Å²) in [6.45, 7) is 18.0. The molecule has 0 saturated carbocycles. The number of nitrogens with two attached hydrogens (primary N) is 1. The summed E-state index contributed by atoms with van der Waals surface area (Å²) in [4.78, 5) is 19.1. The molecule has 7 heteroatoms. The number of hydrogen-bond donors (Lipinski definition) is 1. The second-order valence-electron chi connectivity index (χ2n) is 11.4. The third-order valence-corrected chi connectivity index (χ3v) is 6.70. The maximum absolute atomic E-state index is 6.39. The molecule has 164 valence electrons. The molecule has 0 radical (unpaired) electrons. The average molecular weight is 405 g/mol.